The third-order valence-corrected chi connectivity index (χ3v) is 7.57. The van der Waals surface area contributed by atoms with Crippen LogP contribution in [0.3, 0.4) is 0 Å². The molecule has 2 heterocycles. The molecule has 1 aromatic carbocycles. The van der Waals surface area contributed by atoms with Crippen molar-refractivity contribution < 1.29 is 8.42 Å². The summed E-state index contributed by atoms with van der Waals surface area (Å²) < 4.78 is 34.1. The summed E-state index contributed by atoms with van der Waals surface area (Å²) in [6.45, 7) is 4.01. The molecule has 0 spiro atoms. The molecular formula is C19H20N4O2S2. The van der Waals surface area contributed by atoms with Crippen LogP contribution in [-0.2, 0) is 29.4 Å². The van der Waals surface area contributed by atoms with E-state index in [1.165, 1.54) is 11.5 Å². The van der Waals surface area contributed by atoms with E-state index >= 15 is 0 Å². The van der Waals surface area contributed by atoms with E-state index in [9.17, 15) is 13.7 Å². The van der Waals surface area contributed by atoms with Gasteiger partial charge in [0.05, 0.1) is 29.1 Å². The first kappa shape index (κ1) is 18.2. The van der Waals surface area contributed by atoms with Crippen LogP contribution < -0.4 is 4.72 Å². The van der Waals surface area contributed by atoms with Crippen molar-refractivity contribution in [2.24, 2.45) is 0 Å². The quantitative estimate of drug-likeness (QED) is 0.713. The van der Waals surface area contributed by atoms with E-state index in [-0.39, 0.29) is 6.04 Å². The van der Waals surface area contributed by atoms with Gasteiger partial charge in [-0.15, -0.1) is 0 Å². The van der Waals surface area contributed by atoms with Gasteiger partial charge in [0, 0.05) is 34.4 Å². The minimum absolute atomic E-state index is 0.153. The number of nitrogens with one attached hydrogen (secondary N) is 1. The number of rotatable bonds is 5. The van der Waals surface area contributed by atoms with Gasteiger partial charge < -0.3 is 4.57 Å². The average molecular weight is 401 g/mol. The van der Waals surface area contributed by atoms with E-state index in [0.717, 1.165) is 27.9 Å². The van der Waals surface area contributed by atoms with Gasteiger partial charge in [-0.1, -0.05) is 0 Å². The van der Waals surface area contributed by atoms with Gasteiger partial charge in [0.25, 0.3) is 0 Å². The van der Waals surface area contributed by atoms with Gasteiger partial charge in [-0.05, 0) is 61.6 Å². The minimum atomic E-state index is -3.33. The molecule has 140 valence electrons. The standard InChI is InChI=1S/C19H20N4O2S2/c1-12(2)27(24,25)22-15-8-17-16-7-13(10-20)3-4-18(16)23(19(17)9-15)11-14-5-6-26-21-14/h3-7,12,15,22H,8-9,11H2,1-2H3/t15-/m1/s1. The molecule has 0 unspecified atom stereocenters. The van der Waals surface area contributed by atoms with Crippen LogP contribution in [0.1, 0.15) is 36.4 Å². The van der Waals surface area contributed by atoms with E-state index in [2.05, 4.69) is 19.7 Å². The second-order valence-electron chi connectivity index (χ2n) is 7.16. The highest BCUT2D eigenvalue weighted by atomic mass is 32.2. The molecule has 0 radical (unpaired) electrons. The van der Waals surface area contributed by atoms with Crippen molar-refractivity contribution in [3.8, 4) is 6.07 Å². The fourth-order valence-electron chi connectivity index (χ4n) is 3.67. The monoisotopic (exact) mass is 400 g/mol. The predicted molar refractivity (Wildman–Crippen MR) is 106 cm³/mol. The highest BCUT2D eigenvalue weighted by Crippen LogP contribution is 2.34. The molecule has 3 aromatic rings. The predicted octanol–water partition coefficient (Wildman–Crippen LogP) is 2.81. The van der Waals surface area contributed by atoms with Crippen molar-refractivity contribution in [3.63, 3.8) is 0 Å². The van der Waals surface area contributed by atoms with E-state index in [0.29, 0.717) is 24.9 Å². The van der Waals surface area contributed by atoms with Gasteiger partial charge in [0.15, 0.2) is 0 Å². The van der Waals surface area contributed by atoms with Crippen LogP contribution in [0.15, 0.2) is 29.6 Å². The fourth-order valence-corrected chi connectivity index (χ4v) is 5.11. The van der Waals surface area contributed by atoms with Gasteiger partial charge in [0.1, 0.15) is 0 Å². The maximum atomic E-state index is 12.3. The SMILES string of the molecule is CC(C)S(=O)(=O)N[C@@H]1Cc2c(n(Cc3ccsn3)c3ccc(C#N)cc23)C1. The van der Waals surface area contributed by atoms with Crippen LogP contribution in [-0.4, -0.2) is 28.7 Å². The fraction of sp³-hybridized carbons (Fsp3) is 0.368. The molecule has 27 heavy (non-hydrogen) atoms. The molecule has 1 aliphatic rings. The third-order valence-electron chi connectivity index (χ3n) is 5.07. The van der Waals surface area contributed by atoms with E-state index < -0.39 is 15.3 Å². The van der Waals surface area contributed by atoms with Crippen LogP contribution >= 0.6 is 11.5 Å². The molecule has 0 saturated heterocycles. The minimum Gasteiger partial charge on any atom is -0.338 e. The summed E-state index contributed by atoms with van der Waals surface area (Å²) >= 11 is 1.42. The Kier molecular flexibility index (Phi) is 4.54. The number of nitrogens with zero attached hydrogens (tertiary/aromatic N) is 3. The number of benzene rings is 1. The molecular weight excluding hydrogens is 380 g/mol. The van der Waals surface area contributed by atoms with Crippen molar-refractivity contribution in [2.45, 2.75) is 44.5 Å². The van der Waals surface area contributed by atoms with Gasteiger partial charge in [-0.25, -0.2) is 13.1 Å². The summed E-state index contributed by atoms with van der Waals surface area (Å²) in [6.07, 6.45) is 1.28. The zero-order valence-corrected chi connectivity index (χ0v) is 16.8. The molecule has 1 N–H and O–H groups in total. The first-order valence-corrected chi connectivity index (χ1v) is 11.2. The number of nitriles is 1. The zero-order valence-electron chi connectivity index (χ0n) is 15.1. The zero-order chi connectivity index (χ0) is 19.2. The van der Waals surface area contributed by atoms with Crippen LogP contribution in [0.5, 0.6) is 0 Å². The van der Waals surface area contributed by atoms with Crippen molar-refractivity contribution in [1.82, 2.24) is 13.7 Å². The summed E-state index contributed by atoms with van der Waals surface area (Å²) in [5, 5.41) is 11.8. The molecule has 2 aromatic heterocycles. The average Bonchev–Trinajstić information content (AvgIpc) is 3.33. The number of hydrogen-bond acceptors (Lipinski definition) is 5. The Balaban J connectivity index is 1.76. The number of aromatic nitrogens is 2. The second kappa shape index (κ2) is 6.75. The lowest BCUT2D eigenvalue weighted by atomic mass is 10.1. The van der Waals surface area contributed by atoms with Crippen molar-refractivity contribution in [3.05, 3.63) is 52.2 Å². The van der Waals surface area contributed by atoms with Gasteiger partial charge in [0.2, 0.25) is 10.0 Å². The Morgan fingerprint density at radius 2 is 2.19 bits per heavy atom. The normalized spacial score (nSPS) is 16.7. The number of sulfonamides is 1. The molecule has 4 rings (SSSR count). The van der Waals surface area contributed by atoms with Crippen LogP contribution in [0.2, 0.25) is 0 Å². The van der Waals surface area contributed by atoms with Crippen LogP contribution in [0, 0.1) is 11.3 Å². The second-order valence-corrected chi connectivity index (χ2v) is 10.1. The lowest BCUT2D eigenvalue weighted by Gasteiger charge is -2.16. The highest BCUT2D eigenvalue weighted by molar-refractivity contribution is 7.90. The van der Waals surface area contributed by atoms with Crippen molar-refractivity contribution in [1.29, 1.82) is 5.26 Å². The molecule has 0 saturated carbocycles. The Morgan fingerprint density at radius 3 is 2.85 bits per heavy atom. The summed E-state index contributed by atoms with van der Waals surface area (Å²) in [6, 6.07) is 9.76. The van der Waals surface area contributed by atoms with Crippen molar-refractivity contribution in [2.75, 3.05) is 0 Å². The van der Waals surface area contributed by atoms with Gasteiger partial charge in [-0.3, -0.25) is 0 Å². The van der Waals surface area contributed by atoms with E-state index in [4.69, 9.17) is 0 Å². The molecule has 0 fully saturated rings. The maximum Gasteiger partial charge on any atom is 0.214 e. The molecule has 0 aliphatic heterocycles. The number of fused-ring (bicyclic) bond motifs is 3. The largest absolute Gasteiger partial charge is 0.338 e. The summed E-state index contributed by atoms with van der Waals surface area (Å²) in [4.78, 5) is 0. The molecule has 0 bridgehead atoms. The number of hydrogen-bond donors (Lipinski definition) is 1. The molecule has 6 nitrogen and oxygen atoms in total. The summed E-state index contributed by atoms with van der Waals surface area (Å²) in [5.74, 6) is 0. The topological polar surface area (TPSA) is 87.8 Å². The van der Waals surface area contributed by atoms with E-state index in [1.54, 1.807) is 13.8 Å². The van der Waals surface area contributed by atoms with Crippen LogP contribution in [0.4, 0.5) is 0 Å². The molecule has 8 heteroatoms. The third kappa shape index (κ3) is 3.27. The Labute approximate surface area is 162 Å². The smallest absolute Gasteiger partial charge is 0.214 e. The Morgan fingerprint density at radius 1 is 1.37 bits per heavy atom. The first-order valence-electron chi connectivity index (χ1n) is 8.83. The molecule has 1 aliphatic carbocycles. The summed E-state index contributed by atoms with van der Waals surface area (Å²) in [5.41, 5.74) is 4.92. The highest BCUT2D eigenvalue weighted by Gasteiger charge is 2.32. The van der Waals surface area contributed by atoms with Crippen LogP contribution in [0.25, 0.3) is 10.9 Å². The lowest BCUT2D eigenvalue weighted by Crippen LogP contribution is -2.39. The molecule has 1 atom stereocenters. The van der Waals surface area contributed by atoms with Gasteiger partial charge >= 0.3 is 0 Å². The Hall–Kier alpha value is -2.21. The maximum absolute atomic E-state index is 12.3. The summed E-state index contributed by atoms with van der Waals surface area (Å²) in [7, 11) is -3.33. The van der Waals surface area contributed by atoms with E-state index in [1.807, 2.05) is 29.6 Å². The lowest BCUT2D eigenvalue weighted by molar-refractivity contribution is 0.544. The van der Waals surface area contributed by atoms with Gasteiger partial charge in [-0.2, -0.15) is 9.64 Å². The molecule has 0 amide bonds. The first-order chi connectivity index (χ1) is 12.9. The van der Waals surface area contributed by atoms with Crippen molar-refractivity contribution >= 4 is 32.5 Å². The Bertz CT molecular complexity index is 1140.